The summed E-state index contributed by atoms with van der Waals surface area (Å²) in [5.74, 6) is 0.179. The zero-order valence-electron chi connectivity index (χ0n) is 14.3. The van der Waals surface area contributed by atoms with Gasteiger partial charge in [0.15, 0.2) is 5.65 Å². The predicted molar refractivity (Wildman–Crippen MR) is 89.9 cm³/mol. The van der Waals surface area contributed by atoms with E-state index in [1.807, 2.05) is 28.6 Å². The van der Waals surface area contributed by atoms with E-state index < -0.39 is 0 Å². The molecular formula is C18H21N5O2. The number of hydrogen-bond donors (Lipinski definition) is 0. The minimum atomic E-state index is 0.0698. The molecule has 2 aromatic rings. The van der Waals surface area contributed by atoms with Crippen LogP contribution in [-0.4, -0.2) is 55.3 Å². The number of aromatic nitrogens is 3. The molecule has 5 rings (SSSR count). The highest BCUT2D eigenvalue weighted by atomic mass is 16.2. The van der Waals surface area contributed by atoms with E-state index in [9.17, 15) is 9.59 Å². The average molecular weight is 339 g/mol. The minimum Gasteiger partial charge on any atom is -0.333 e. The van der Waals surface area contributed by atoms with Crippen LogP contribution in [0.2, 0.25) is 0 Å². The molecule has 25 heavy (non-hydrogen) atoms. The molecule has 0 spiro atoms. The van der Waals surface area contributed by atoms with Gasteiger partial charge in [0, 0.05) is 43.3 Å². The summed E-state index contributed by atoms with van der Waals surface area (Å²) in [6, 6.07) is 2.26. The van der Waals surface area contributed by atoms with Crippen LogP contribution in [0, 0.1) is 6.92 Å². The van der Waals surface area contributed by atoms with Crippen molar-refractivity contribution in [3.05, 3.63) is 29.2 Å². The second-order valence-electron chi connectivity index (χ2n) is 7.39. The lowest BCUT2D eigenvalue weighted by Gasteiger charge is -2.37. The summed E-state index contributed by atoms with van der Waals surface area (Å²) in [7, 11) is 0. The molecule has 2 fully saturated rings. The summed E-state index contributed by atoms with van der Waals surface area (Å²) in [5.41, 5.74) is 4.13. The van der Waals surface area contributed by atoms with E-state index in [2.05, 4.69) is 10.1 Å². The largest absolute Gasteiger partial charge is 0.333 e. The Bertz CT molecular complexity index is 889. The van der Waals surface area contributed by atoms with E-state index in [1.54, 1.807) is 4.90 Å². The Labute approximate surface area is 145 Å². The number of nitrogens with zero attached hydrogens (tertiary/aromatic N) is 5. The zero-order chi connectivity index (χ0) is 17.1. The number of amides is 2. The fourth-order valence-electron chi connectivity index (χ4n) is 4.70. The molecule has 5 heterocycles. The van der Waals surface area contributed by atoms with Crippen molar-refractivity contribution in [3.8, 4) is 0 Å². The predicted octanol–water partition coefficient (Wildman–Crippen LogP) is 1.25. The fraction of sp³-hybridized carbons (Fsp3) is 0.556. The number of hydrogen-bond acceptors (Lipinski definition) is 4. The van der Waals surface area contributed by atoms with E-state index in [-0.39, 0.29) is 30.4 Å². The highest BCUT2D eigenvalue weighted by Gasteiger charge is 2.44. The first kappa shape index (κ1) is 14.9. The third kappa shape index (κ3) is 2.18. The maximum absolute atomic E-state index is 12.9. The van der Waals surface area contributed by atoms with Crippen molar-refractivity contribution >= 4 is 17.5 Å². The van der Waals surface area contributed by atoms with Crippen LogP contribution in [0.5, 0.6) is 0 Å². The molecule has 2 amide bonds. The van der Waals surface area contributed by atoms with Crippen molar-refractivity contribution in [2.45, 2.75) is 51.1 Å². The molecule has 2 saturated heterocycles. The molecule has 0 aliphatic carbocycles. The van der Waals surface area contributed by atoms with Crippen LogP contribution >= 0.6 is 0 Å². The van der Waals surface area contributed by atoms with Crippen molar-refractivity contribution in [1.29, 1.82) is 0 Å². The molecule has 3 aliphatic heterocycles. The van der Waals surface area contributed by atoms with E-state index in [1.165, 1.54) is 5.69 Å². The Morgan fingerprint density at radius 3 is 3.04 bits per heavy atom. The number of carbonyl (C=O) groups excluding carboxylic acids is 2. The summed E-state index contributed by atoms with van der Waals surface area (Å²) in [4.78, 5) is 33.0. The molecular weight excluding hydrogens is 318 g/mol. The lowest BCUT2D eigenvalue weighted by atomic mass is 9.99. The second kappa shape index (κ2) is 5.28. The monoisotopic (exact) mass is 339 g/mol. The number of fused-ring (bicyclic) bond motifs is 6. The molecule has 7 nitrogen and oxygen atoms in total. The number of rotatable bonds is 2. The van der Waals surface area contributed by atoms with Crippen molar-refractivity contribution in [2.75, 3.05) is 13.1 Å². The van der Waals surface area contributed by atoms with Gasteiger partial charge in [-0.05, 0) is 26.2 Å². The van der Waals surface area contributed by atoms with Gasteiger partial charge in [0.2, 0.25) is 11.8 Å². The van der Waals surface area contributed by atoms with Crippen LogP contribution in [0.15, 0.2) is 12.3 Å². The summed E-state index contributed by atoms with van der Waals surface area (Å²) in [5, 5.41) is 4.58. The van der Waals surface area contributed by atoms with Crippen molar-refractivity contribution < 1.29 is 9.59 Å². The first-order valence-corrected chi connectivity index (χ1v) is 9.05. The van der Waals surface area contributed by atoms with Gasteiger partial charge in [0.05, 0.1) is 24.0 Å². The fourth-order valence-corrected chi connectivity index (χ4v) is 4.70. The van der Waals surface area contributed by atoms with Gasteiger partial charge in [-0.25, -0.2) is 9.50 Å². The topological polar surface area (TPSA) is 70.8 Å². The Balaban J connectivity index is 1.48. The van der Waals surface area contributed by atoms with Gasteiger partial charge in [-0.3, -0.25) is 9.59 Å². The van der Waals surface area contributed by atoms with Gasteiger partial charge < -0.3 is 9.80 Å². The maximum atomic E-state index is 12.9. The number of likely N-dealkylation sites (tertiary alicyclic amines) is 1. The molecule has 0 saturated carbocycles. The van der Waals surface area contributed by atoms with E-state index in [0.29, 0.717) is 13.0 Å². The standard InChI is InChI=1S/C18H21N5O2/c1-11-7-16-19-9-13-14-5-4-12(8-15(13)23(16)20-11)22(14)18(25)10-21-6-2-3-17(21)24/h7,9,12,14H,2-6,8,10H2,1H3/t12-,14+/m0/s1. The van der Waals surface area contributed by atoms with Gasteiger partial charge in [-0.2, -0.15) is 5.10 Å². The minimum absolute atomic E-state index is 0.0698. The molecule has 0 aromatic carbocycles. The Kier molecular flexibility index (Phi) is 3.14. The number of carbonyl (C=O) groups is 2. The normalized spacial score (nSPS) is 25.1. The van der Waals surface area contributed by atoms with Gasteiger partial charge in [0.25, 0.3) is 0 Å². The molecule has 2 aromatic heterocycles. The van der Waals surface area contributed by atoms with Crippen molar-refractivity contribution in [2.24, 2.45) is 0 Å². The first-order chi connectivity index (χ1) is 12.1. The van der Waals surface area contributed by atoms with Crippen molar-refractivity contribution in [3.63, 3.8) is 0 Å². The van der Waals surface area contributed by atoms with Crippen molar-refractivity contribution in [1.82, 2.24) is 24.4 Å². The Hall–Kier alpha value is -2.44. The van der Waals surface area contributed by atoms with E-state index >= 15 is 0 Å². The molecule has 130 valence electrons. The summed E-state index contributed by atoms with van der Waals surface area (Å²) < 4.78 is 1.95. The zero-order valence-corrected chi connectivity index (χ0v) is 14.3. The third-order valence-corrected chi connectivity index (χ3v) is 5.81. The van der Waals surface area contributed by atoms with Gasteiger partial charge in [0.1, 0.15) is 0 Å². The van der Waals surface area contributed by atoms with Gasteiger partial charge in [-0.1, -0.05) is 0 Å². The van der Waals surface area contributed by atoms with Crippen LogP contribution in [0.3, 0.4) is 0 Å². The Morgan fingerprint density at radius 1 is 1.36 bits per heavy atom. The molecule has 3 aliphatic rings. The van der Waals surface area contributed by atoms with Crippen LogP contribution in [0.25, 0.3) is 5.65 Å². The maximum Gasteiger partial charge on any atom is 0.242 e. The van der Waals surface area contributed by atoms with E-state index in [4.69, 9.17) is 0 Å². The van der Waals surface area contributed by atoms with E-state index in [0.717, 1.165) is 42.6 Å². The number of aryl methyl sites for hydroxylation is 1. The molecule has 0 radical (unpaired) electrons. The molecule has 7 heteroatoms. The summed E-state index contributed by atoms with van der Waals surface area (Å²) >= 11 is 0. The molecule has 2 bridgehead atoms. The first-order valence-electron chi connectivity index (χ1n) is 9.05. The molecule has 0 unspecified atom stereocenters. The average Bonchev–Trinajstić information content (AvgIpc) is 3.25. The Morgan fingerprint density at radius 2 is 2.24 bits per heavy atom. The highest BCUT2D eigenvalue weighted by Crippen LogP contribution is 2.43. The molecule has 0 N–H and O–H groups in total. The lowest BCUT2D eigenvalue weighted by molar-refractivity contribution is -0.140. The lowest BCUT2D eigenvalue weighted by Crippen LogP contribution is -2.47. The van der Waals surface area contributed by atoms with Crippen LogP contribution in [0.1, 0.15) is 48.7 Å². The van der Waals surface area contributed by atoms with Crippen LogP contribution in [-0.2, 0) is 16.0 Å². The third-order valence-electron chi connectivity index (χ3n) is 5.81. The summed E-state index contributed by atoms with van der Waals surface area (Å²) in [6.45, 7) is 2.90. The quantitative estimate of drug-likeness (QED) is 0.826. The smallest absolute Gasteiger partial charge is 0.242 e. The van der Waals surface area contributed by atoms with Crippen LogP contribution in [0.4, 0.5) is 0 Å². The van der Waals surface area contributed by atoms with Gasteiger partial charge in [-0.15, -0.1) is 0 Å². The second-order valence-corrected chi connectivity index (χ2v) is 7.39. The summed E-state index contributed by atoms with van der Waals surface area (Å²) in [6.07, 6.45) is 6.13. The van der Waals surface area contributed by atoms with Crippen LogP contribution < -0.4 is 0 Å². The van der Waals surface area contributed by atoms with Gasteiger partial charge >= 0.3 is 0 Å². The highest BCUT2D eigenvalue weighted by molar-refractivity contribution is 5.86. The molecule has 2 atom stereocenters. The SMILES string of the molecule is Cc1cc2ncc3c(n2n1)C[C@@H]1CC[C@H]3N1C(=O)CN1CCCC1=O.